The molecule has 1 heterocycles. The van der Waals surface area contributed by atoms with E-state index in [1.165, 1.54) is 0 Å². The quantitative estimate of drug-likeness (QED) is 0.708. The lowest BCUT2D eigenvalue weighted by Crippen LogP contribution is -2.43. The molecule has 1 aromatic carbocycles. The molecule has 1 N–H and O–H groups in total. The van der Waals surface area contributed by atoms with Crippen LogP contribution in [0.3, 0.4) is 0 Å². The summed E-state index contributed by atoms with van der Waals surface area (Å²) in [6.45, 7) is 10.6. The molecule has 26 heavy (non-hydrogen) atoms. The van der Waals surface area contributed by atoms with E-state index in [1.54, 1.807) is 16.7 Å². The fraction of sp³-hybridized carbons (Fsp3) is 0.600. The number of nitrogens with zero attached hydrogens (tertiary/aromatic N) is 2. The van der Waals surface area contributed by atoms with Gasteiger partial charge in [-0.2, -0.15) is 0 Å². The molecule has 1 unspecified atom stereocenters. The van der Waals surface area contributed by atoms with E-state index in [4.69, 9.17) is 0 Å². The Labute approximate surface area is 161 Å². The number of amides is 2. The topological polar surface area (TPSA) is 52.7 Å². The molecule has 6 heteroatoms. The van der Waals surface area contributed by atoms with Crippen molar-refractivity contribution in [2.24, 2.45) is 5.92 Å². The number of hydrogen-bond acceptors (Lipinski definition) is 4. The van der Waals surface area contributed by atoms with Crippen molar-refractivity contribution < 1.29 is 9.59 Å². The van der Waals surface area contributed by atoms with Crippen molar-refractivity contribution in [2.45, 2.75) is 51.1 Å². The van der Waals surface area contributed by atoms with Gasteiger partial charge in [0.2, 0.25) is 11.8 Å². The molecule has 1 aromatic rings. The molecule has 2 amide bonds. The van der Waals surface area contributed by atoms with E-state index in [1.807, 2.05) is 30.5 Å². The first-order valence-electron chi connectivity index (χ1n) is 9.31. The minimum Gasteiger partial charge on any atom is -0.355 e. The largest absolute Gasteiger partial charge is 0.355 e. The fourth-order valence-electron chi connectivity index (χ4n) is 3.48. The number of thioether (sulfide) groups is 1. The molecular weight excluding hydrogens is 346 g/mol. The van der Waals surface area contributed by atoms with Gasteiger partial charge < -0.3 is 10.2 Å². The monoisotopic (exact) mass is 377 g/mol. The maximum Gasteiger partial charge on any atom is 0.227 e. The van der Waals surface area contributed by atoms with E-state index in [9.17, 15) is 9.59 Å². The van der Waals surface area contributed by atoms with Gasteiger partial charge in [-0.1, -0.05) is 6.07 Å². The van der Waals surface area contributed by atoms with Gasteiger partial charge >= 0.3 is 0 Å². The molecule has 0 radical (unpaired) electrons. The van der Waals surface area contributed by atoms with Crippen LogP contribution < -0.4 is 10.2 Å². The second-order valence-corrected chi connectivity index (χ2v) is 8.20. The number of nitrogens with one attached hydrogen (secondary N) is 1. The smallest absolute Gasteiger partial charge is 0.227 e. The van der Waals surface area contributed by atoms with Gasteiger partial charge in [-0.15, -0.1) is 11.8 Å². The van der Waals surface area contributed by atoms with Gasteiger partial charge in [0.15, 0.2) is 0 Å². The number of hydrogen-bond donors (Lipinski definition) is 1. The molecule has 5 nitrogen and oxygen atoms in total. The summed E-state index contributed by atoms with van der Waals surface area (Å²) in [4.78, 5) is 30.1. The Morgan fingerprint density at radius 2 is 2.00 bits per heavy atom. The van der Waals surface area contributed by atoms with Crippen LogP contribution in [-0.4, -0.2) is 54.7 Å². The number of anilines is 1. The molecule has 0 aromatic heterocycles. The average Bonchev–Trinajstić information content (AvgIpc) is 2.99. The van der Waals surface area contributed by atoms with Gasteiger partial charge in [0, 0.05) is 48.7 Å². The van der Waals surface area contributed by atoms with Gasteiger partial charge in [-0.05, 0) is 52.1 Å². The first kappa shape index (κ1) is 20.8. The minimum atomic E-state index is -0.271. The maximum atomic E-state index is 12.5. The summed E-state index contributed by atoms with van der Waals surface area (Å²) in [5.41, 5.74) is 0.878. The highest BCUT2D eigenvalue weighted by molar-refractivity contribution is 7.98. The molecule has 1 fully saturated rings. The van der Waals surface area contributed by atoms with E-state index >= 15 is 0 Å². The predicted octanol–water partition coefficient (Wildman–Crippen LogP) is 3.00. The third kappa shape index (κ3) is 5.24. The highest BCUT2D eigenvalue weighted by Gasteiger charge is 2.35. The average molecular weight is 378 g/mol. The minimum absolute atomic E-state index is 0.0191. The van der Waals surface area contributed by atoms with Gasteiger partial charge in [0.05, 0.1) is 5.92 Å². The van der Waals surface area contributed by atoms with Crippen molar-refractivity contribution in [1.82, 2.24) is 10.2 Å². The lowest BCUT2D eigenvalue weighted by molar-refractivity contribution is -0.126. The van der Waals surface area contributed by atoms with Crippen LogP contribution in [0, 0.1) is 5.92 Å². The van der Waals surface area contributed by atoms with Crippen LogP contribution in [0.2, 0.25) is 0 Å². The fourth-order valence-corrected chi connectivity index (χ4v) is 3.93. The zero-order valence-corrected chi connectivity index (χ0v) is 17.3. The van der Waals surface area contributed by atoms with Crippen LogP contribution in [0.25, 0.3) is 0 Å². The molecule has 2 rings (SSSR count). The van der Waals surface area contributed by atoms with Crippen molar-refractivity contribution in [3.05, 3.63) is 24.3 Å². The van der Waals surface area contributed by atoms with Crippen LogP contribution in [0.5, 0.6) is 0 Å². The van der Waals surface area contributed by atoms with E-state index in [0.29, 0.717) is 25.2 Å². The normalized spacial score (nSPS) is 17.6. The Morgan fingerprint density at radius 3 is 2.62 bits per heavy atom. The number of rotatable bonds is 8. The van der Waals surface area contributed by atoms with Crippen LogP contribution in [0.4, 0.5) is 5.69 Å². The van der Waals surface area contributed by atoms with Crippen molar-refractivity contribution in [2.75, 3.05) is 30.8 Å². The van der Waals surface area contributed by atoms with Crippen LogP contribution in [0.15, 0.2) is 29.2 Å². The molecule has 0 saturated carbocycles. The van der Waals surface area contributed by atoms with E-state index in [0.717, 1.165) is 17.1 Å². The van der Waals surface area contributed by atoms with Gasteiger partial charge in [0.1, 0.15) is 0 Å². The predicted molar refractivity (Wildman–Crippen MR) is 109 cm³/mol. The van der Waals surface area contributed by atoms with Crippen molar-refractivity contribution in [1.29, 1.82) is 0 Å². The van der Waals surface area contributed by atoms with Crippen LogP contribution >= 0.6 is 11.8 Å². The molecule has 1 aliphatic rings. The zero-order chi connectivity index (χ0) is 19.3. The summed E-state index contributed by atoms with van der Waals surface area (Å²) < 4.78 is 0. The highest BCUT2D eigenvalue weighted by atomic mass is 32.2. The van der Waals surface area contributed by atoms with E-state index in [2.05, 4.69) is 37.9 Å². The summed E-state index contributed by atoms with van der Waals surface area (Å²) in [5.74, 6) is -0.268. The number of carbonyl (C=O) groups excluding carboxylic acids is 2. The van der Waals surface area contributed by atoms with Gasteiger partial charge in [0.25, 0.3) is 0 Å². The lowest BCUT2D eigenvalue weighted by atomic mass is 10.1. The summed E-state index contributed by atoms with van der Waals surface area (Å²) >= 11 is 1.65. The van der Waals surface area contributed by atoms with Crippen molar-refractivity contribution in [3.63, 3.8) is 0 Å². The molecular formula is C20H31N3O2S. The molecule has 1 aliphatic heterocycles. The SMILES string of the molecule is CSc1cccc(N2CC(C(=O)NCCN(C(C)C)C(C)C)CC2=O)c1. The van der Waals surface area contributed by atoms with Crippen molar-refractivity contribution >= 4 is 29.3 Å². The Balaban J connectivity index is 1.90. The Bertz CT molecular complexity index is 625. The standard InChI is InChI=1S/C20H31N3O2S/c1-14(2)22(15(3)4)10-9-21-20(25)16-11-19(24)23(13-16)17-7-6-8-18(12-17)26-5/h6-8,12,14-16H,9-11,13H2,1-5H3,(H,21,25). The summed E-state index contributed by atoms with van der Waals surface area (Å²) in [7, 11) is 0. The Morgan fingerprint density at radius 1 is 1.31 bits per heavy atom. The maximum absolute atomic E-state index is 12.5. The molecule has 1 saturated heterocycles. The molecule has 0 bridgehead atoms. The second-order valence-electron chi connectivity index (χ2n) is 7.32. The summed E-state index contributed by atoms with van der Waals surface area (Å²) in [6.07, 6.45) is 2.30. The van der Waals surface area contributed by atoms with E-state index in [-0.39, 0.29) is 24.2 Å². The third-order valence-corrected chi connectivity index (χ3v) is 5.58. The Hall–Kier alpha value is -1.53. The first-order chi connectivity index (χ1) is 12.3. The number of carbonyl (C=O) groups is 2. The molecule has 0 spiro atoms. The van der Waals surface area contributed by atoms with Crippen LogP contribution in [0.1, 0.15) is 34.1 Å². The van der Waals surface area contributed by atoms with Gasteiger partial charge in [-0.25, -0.2) is 0 Å². The molecule has 144 valence electrons. The molecule has 1 atom stereocenters. The van der Waals surface area contributed by atoms with Crippen LogP contribution in [-0.2, 0) is 9.59 Å². The second kappa shape index (κ2) is 9.42. The third-order valence-electron chi connectivity index (χ3n) is 4.86. The highest BCUT2D eigenvalue weighted by Crippen LogP contribution is 2.28. The Kier molecular flexibility index (Phi) is 7.53. The summed E-state index contributed by atoms with van der Waals surface area (Å²) in [5, 5.41) is 3.02. The zero-order valence-electron chi connectivity index (χ0n) is 16.5. The first-order valence-corrected chi connectivity index (χ1v) is 10.5. The summed E-state index contributed by atoms with van der Waals surface area (Å²) in [6, 6.07) is 8.80. The van der Waals surface area contributed by atoms with Crippen molar-refractivity contribution in [3.8, 4) is 0 Å². The lowest BCUT2D eigenvalue weighted by Gasteiger charge is -2.30. The molecule has 0 aliphatic carbocycles. The van der Waals surface area contributed by atoms with Gasteiger partial charge in [-0.3, -0.25) is 14.5 Å². The number of benzene rings is 1. The van der Waals surface area contributed by atoms with E-state index < -0.39 is 0 Å².